The fourth-order valence-electron chi connectivity index (χ4n) is 8.70. The van der Waals surface area contributed by atoms with Gasteiger partial charge in [-0.3, -0.25) is 19.2 Å². The number of piperidine rings is 1. The third kappa shape index (κ3) is 12.0. The summed E-state index contributed by atoms with van der Waals surface area (Å²) in [5.41, 5.74) is 14.3. The van der Waals surface area contributed by atoms with Gasteiger partial charge in [0.2, 0.25) is 11.8 Å². The molecule has 2 aromatic rings. The summed E-state index contributed by atoms with van der Waals surface area (Å²) in [7, 11) is 0. The summed E-state index contributed by atoms with van der Waals surface area (Å²) in [6, 6.07) is 18.4. The Kier molecular flexibility index (Phi) is 15.8. The lowest BCUT2D eigenvalue weighted by molar-refractivity contribution is -0.154. The number of rotatable bonds is 20. The molecule has 0 unspecified atom stereocenters. The van der Waals surface area contributed by atoms with Crippen LogP contribution in [0.25, 0.3) is 0 Å². The highest BCUT2D eigenvalue weighted by atomic mass is 16.5. The molecule has 10 nitrogen and oxygen atoms in total. The van der Waals surface area contributed by atoms with Gasteiger partial charge in [-0.05, 0) is 94.5 Å². The summed E-state index contributed by atoms with van der Waals surface area (Å²) in [6.07, 6.45) is 7.78. The van der Waals surface area contributed by atoms with Gasteiger partial charge in [-0.1, -0.05) is 80.9 Å². The number of Topliss-reactive ketones (excluding diaryl/α,β-unsaturated/α-hetero) is 2. The number of likely N-dealkylation sites (tertiary alicyclic amines) is 2. The van der Waals surface area contributed by atoms with Crippen LogP contribution in [0.3, 0.4) is 0 Å². The topological polar surface area (TPSA) is 148 Å². The van der Waals surface area contributed by atoms with Gasteiger partial charge in [-0.2, -0.15) is 0 Å². The number of benzene rings is 2. The van der Waals surface area contributed by atoms with Crippen LogP contribution < -0.4 is 16.8 Å². The SMILES string of the molecule is CC(C)C[C@@H](NC(=O)[C@H](CC(=O)[C@H](N)Cc1ccccc1)Cc1ccccc1)C(=O)C[C@H](CCCCN)C(=O)N1CC2(CCN(C3CCOCC3)CC2)C1. The van der Waals surface area contributed by atoms with E-state index in [0.717, 1.165) is 89.0 Å². The average Bonchev–Trinajstić information content (AvgIpc) is 3.16. The molecule has 3 aliphatic rings. The quantitative estimate of drug-likeness (QED) is 0.165. The summed E-state index contributed by atoms with van der Waals surface area (Å²) in [6.45, 7) is 9.92. The maximum atomic E-state index is 14.2. The van der Waals surface area contributed by atoms with Crippen molar-refractivity contribution in [3.05, 3.63) is 71.8 Å². The minimum atomic E-state index is -0.758. The Morgan fingerprint density at radius 3 is 2.02 bits per heavy atom. The molecule has 10 heteroatoms. The summed E-state index contributed by atoms with van der Waals surface area (Å²) in [5, 5.41) is 3.07. The molecule has 0 saturated carbocycles. The van der Waals surface area contributed by atoms with Gasteiger partial charge in [0, 0.05) is 62.4 Å². The first-order chi connectivity index (χ1) is 26.1. The lowest BCUT2D eigenvalue weighted by Gasteiger charge is -2.55. The van der Waals surface area contributed by atoms with Crippen LogP contribution in [0.2, 0.25) is 0 Å². The molecule has 0 aromatic heterocycles. The molecule has 2 amide bonds. The maximum absolute atomic E-state index is 14.2. The number of ether oxygens (including phenoxy) is 1. The van der Waals surface area contributed by atoms with Crippen molar-refractivity contribution in [2.75, 3.05) is 45.9 Å². The molecular weight excluding hydrogens is 679 g/mol. The van der Waals surface area contributed by atoms with E-state index in [-0.39, 0.29) is 47.6 Å². The highest BCUT2D eigenvalue weighted by Crippen LogP contribution is 2.42. The Morgan fingerprint density at radius 2 is 1.43 bits per heavy atom. The van der Waals surface area contributed by atoms with Gasteiger partial charge in [0.05, 0.1) is 12.1 Å². The zero-order valence-electron chi connectivity index (χ0n) is 32.8. The minimum absolute atomic E-state index is 0.0267. The number of carbonyl (C=O) groups is 4. The molecule has 3 heterocycles. The van der Waals surface area contributed by atoms with Gasteiger partial charge >= 0.3 is 0 Å². The van der Waals surface area contributed by atoms with E-state index in [1.54, 1.807) is 0 Å². The zero-order chi connectivity index (χ0) is 38.5. The molecule has 296 valence electrons. The van der Waals surface area contributed by atoms with Crippen molar-refractivity contribution < 1.29 is 23.9 Å². The molecule has 0 radical (unpaired) electrons. The van der Waals surface area contributed by atoms with Gasteiger partial charge in [0.1, 0.15) is 0 Å². The van der Waals surface area contributed by atoms with Crippen LogP contribution in [0.5, 0.6) is 0 Å². The summed E-state index contributed by atoms with van der Waals surface area (Å²) >= 11 is 0. The first kappa shape index (κ1) is 41.7. The van der Waals surface area contributed by atoms with E-state index in [9.17, 15) is 19.2 Å². The van der Waals surface area contributed by atoms with Crippen LogP contribution in [-0.4, -0.2) is 97.2 Å². The first-order valence-electron chi connectivity index (χ1n) is 20.6. The lowest BCUT2D eigenvalue weighted by Crippen LogP contribution is -2.63. The molecule has 2 aromatic carbocycles. The maximum Gasteiger partial charge on any atom is 0.226 e. The number of nitrogens with one attached hydrogen (secondary N) is 1. The van der Waals surface area contributed by atoms with Crippen molar-refractivity contribution in [2.45, 2.75) is 109 Å². The number of hydrogen-bond acceptors (Lipinski definition) is 8. The fourth-order valence-corrected chi connectivity index (χ4v) is 8.70. The first-order valence-corrected chi connectivity index (χ1v) is 20.6. The molecule has 3 saturated heterocycles. The second kappa shape index (κ2) is 20.5. The number of carbonyl (C=O) groups excluding carboxylic acids is 4. The number of amides is 2. The number of nitrogens with zero attached hydrogens (tertiary/aromatic N) is 2. The van der Waals surface area contributed by atoms with Crippen LogP contribution in [0, 0.1) is 23.2 Å². The summed E-state index contributed by atoms with van der Waals surface area (Å²) in [4.78, 5) is 60.4. The van der Waals surface area contributed by atoms with Crippen molar-refractivity contribution >= 4 is 23.4 Å². The number of nitrogens with two attached hydrogens (primary N) is 2. The second-order valence-corrected chi connectivity index (χ2v) is 16.8. The number of ketones is 2. The smallest absolute Gasteiger partial charge is 0.226 e. The van der Waals surface area contributed by atoms with Gasteiger partial charge in [0.25, 0.3) is 0 Å². The molecule has 5 N–H and O–H groups in total. The molecule has 3 aliphatic heterocycles. The summed E-state index contributed by atoms with van der Waals surface area (Å²) < 4.78 is 5.57. The molecule has 1 spiro atoms. The molecule has 0 bridgehead atoms. The van der Waals surface area contributed by atoms with Crippen molar-refractivity contribution in [2.24, 2.45) is 34.6 Å². The lowest BCUT2D eigenvalue weighted by atomic mass is 9.71. The van der Waals surface area contributed by atoms with Crippen LogP contribution in [0.15, 0.2) is 60.7 Å². The van der Waals surface area contributed by atoms with Gasteiger partial charge in [-0.15, -0.1) is 0 Å². The average molecular weight is 744 g/mol. The van der Waals surface area contributed by atoms with E-state index in [4.69, 9.17) is 16.2 Å². The van der Waals surface area contributed by atoms with E-state index < -0.39 is 23.9 Å². The molecule has 4 atom stereocenters. The largest absolute Gasteiger partial charge is 0.381 e. The Morgan fingerprint density at radius 1 is 0.833 bits per heavy atom. The molecule has 5 rings (SSSR count). The predicted molar refractivity (Wildman–Crippen MR) is 212 cm³/mol. The van der Waals surface area contributed by atoms with E-state index in [0.29, 0.717) is 38.3 Å². The molecule has 0 aliphatic carbocycles. The van der Waals surface area contributed by atoms with E-state index in [1.165, 1.54) is 0 Å². The zero-order valence-corrected chi connectivity index (χ0v) is 32.8. The standard InChI is InChI=1S/C44H65N5O5/c1-32(2)25-39(47-42(52)36(26-33-11-5-3-6-12-33)29-40(50)38(46)27-34-13-7-4-8-14-34)41(51)28-35(15-9-10-20-45)43(53)49-30-44(31-49)18-21-48(22-19-44)37-16-23-54-24-17-37/h3-8,11-14,32,35-39H,9-10,15-31,45-46H2,1-2H3,(H,47,52)/t35-,36-,38+,39+/m0/s1. The van der Waals surface area contributed by atoms with Crippen LogP contribution in [0.1, 0.15) is 89.2 Å². The monoisotopic (exact) mass is 743 g/mol. The van der Waals surface area contributed by atoms with E-state index >= 15 is 0 Å². The Bertz CT molecular complexity index is 1480. The van der Waals surface area contributed by atoms with E-state index in [2.05, 4.69) is 10.2 Å². The van der Waals surface area contributed by atoms with Gasteiger partial charge < -0.3 is 31.3 Å². The van der Waals surface area contributed by atoms with Crippen LogP contribution in [0.4, 0.5) is 0 Å². The van der Waals surface area contributed by atoms with Crippen molar-refractivity contribution in [1.29, 1.82) is 0 Å². The highest BCUT2D eigenvalue weighted by molar-refractivity contribution is 5.95. The number of hydrogen-bond donors (Lipinski definition) is 3. The second-order valence-electron chi connectivity index (χ2n) is 16.8. The molecule has 3 fully saturated rings. The van der Waals surface area contributed by atoms with E-state index in [1.807, 2.05) is 79.4 Å². The Labute approximate surface area is 323 Å². The normalized spacial score (nSPS) is 19.8. The fraction of sp³-hybridized carbons (Fsp3) is 0.636. The van der Waals surface area contributed by atoms with Crippen molar-refractivity contribution in [1.82, 2.24) is 15.1 Å². The van der Waals surface area contributed by atoms with Gasteiger partial charge in [0.15, 0.2) is 11.6 Å². The Balaban J connectivity index is 1.22. The van der Waals surface area contributed by atoms with Crippen molar-refractivity contribution in [3.8, 4) is 0 Å². The predicted octanol–water partition coefficient (Wildman–Crippen LogP) is 4.71. The molecule has 54 heavy (non-hydrogen) atoms. The highest BCUT2D eigenvalue weighted by Gasteiger charge is 2.48. The van der Waals surface area contributed by atoms with Crippen LogP contribution in [-0.2, 0) is 36.8 Å². The Hall–Kier alpha value is -3.44. The van der Waals surface area contributed by atoms with Crippen molar-refractivity contribution in [3.63, 3.8) is 0 Å². The molecular formula is C44H65N5O5. The third-order valence-corrected chi connectivity index (χ3v) is 12.0. The summed E-state index contributed by atoms with van der Waals surface area (Å²) in [5.74, 6) is -1.62. The van der Waals surface area contributed by atoms with Crippen LogP contribution >= 0.6 is 0 Å². The van der Waals surface area contributed by atoms with Gasteiger partial charge in [-0.25, -0.2) is 0 Å². The minimum Gasteiger partial charge on any atom is -0.381 e. The number of unbranched alkanes of at least 4 members (excludes halogenated alkanes) is 1. The third-order valence-electron chi connectivity index (χ3n) is 12.0.